The van der Waals surface area contributed by atoms with Gasteiger partial charge in [0, 0.05) is 36.5 Å². The zero-order chi connectivity index (χ0) is 26.7. The number of amides is 1. The van der Waals surface area contributed by atoms with E-state index in [1.807, 2.05) is 25.4 Å². The third kappa shape index (κ3) is 5.84. The van der Waals surface area contributed by atoms with Gasteiger partial charge >= 0.3 is 6.18 Å². The monoisotopic (exact) mass is 525 g/mol. The van der Waals surface area contributed by atoms with E-state index in [0.29, 0.717) is 18.0 Å². The molecular weight excluding hydrogens is 499 g/mol. The van der Waals surface area contributed by atoms with E-state index < -0.39 is 17.8 Å². The second-order valence-corrected chi connectivity index (χ2v) is 9.18. The van der Waals surface area contributed by atoms with Crippen molar-refractivity contribution in [2.24, 2.45) is 4.99 Å². The number of halogens is 3. The van der Waals surface area contributed by atoms with Crippen molar-refractivity contribution in [1.29, 1.82) is 0 Å². The Balaban J connectivity index is 1.32. The van der Waals surface area contributed by atoms with Crippen LogP contribution in [0.3, 0.4) is 0 Å². The standard InChI is InChI=1S/C27H26F3N5O3/c1-17-7-8-19(33-26(36)22-5-2-6-25(34-22)27(28,29)30)12-23(17)35-15-18(13-32-35)21-14-31-10-9-24(21)38-16-20-4-3-11-37-20/h2,5-10,12-15,20-21,24H,3-4,11,16H2,1H3,(H,33,36). The van der Waals surface area contributed by atoms with Gasteiger partial charge in [-0.25, -0.2) is 9.67 Å². The van der Waals surface area contributed by atoms with Crippen molar-refractivity contribution in [3.63, 3.8) is 0 Å². The van der Waals surface area contributed by atoms with E-state index in [-0.39, 0.29) is 23.8 Å². The molecule has 1 fully saturated rings. The number of nitrogens with zero attached hydrogens (tertiary/aromatic N) is 4. The highest BCUT2D eigenvalue weighted by atomic mass is 19.4. The van der Waals surface area contributed by atoms with Crippen LogP contribution in [0.1, 0.15) is 46.1 Å². The highest BCUT2D eigenvalue weighted by Gasteiger charge is 2.33. The SMILES string of the molecule is Cc1ccc(NC(=O)c2cccc(C(F)(F)F)n2)cc1-n1cc(C2C=NC=CC2OCC2CCCO2)cn1. The zero-order valence-corrected chi connectivity index (χ0v) is 20.6. The van der Waals surface area contributed by atoms with Crippen molar-refractivity contribution < 1.29 is 27.4 Å². The molecule has 2 aromatic heterocycles. The first kappa shape index (κ1) is 25.8. The third-order valence-electron chi connectivity index (χ3n) is 6.43. The van der Waals surface area contributed by atoms with Crippen molar-refractivity contribution in [2.75, 3.05) is 18.5 Å². The second kappa shape index (κ2) is 10.9. The number of hydrogen-bond acceptors (Lipinski definition) is 6. The number of alkyl halides is 3. The van der Waals surface area contributed by atoms with Gasteiger partial charge in [-0.15, -0.1) is 0 Å². The van der Waals surface area contributed by atoms with Gasteiger partial charge in [0.1, 0.15) is 11.4 Å². The molecule has 0 radical (unpaired) electrons. The maximum absolute atomic E-state index is 13.0. The fraction of sp³-hybridized carbons (Fsp3) is 0.333. The zero-order valence-electron chi connectivity index (χ0n) is 20.6. The number of nitrogens with one attached hydrogen (secondary N) is 1. The summed E-state index contributed by atoms with van der Waals surface area (Å²) in [5, 5.41) is 7.14. The van der Waals surface area contributed by atoms with Gasteiger partial charge in [-0.1, -0.05) is 12.1 Å². The molecule has 2 aliphatic heterocycles. The molecule has 38 heavy (non-hydrogen) atoms. The predicted molar refractivity (Wildman–Crippen MR) is 135 cm³/mol. The topological polar surface area (TPSA) is 90.6 Å². The lowest BCUT2D eigenvalue weighted by Gasteiger charge is -2.24. The number of carbonyl (C=O) groups excluding carboxylic acids is 1. The molecule has 8 nitrogen and oxygen atoms in total. The molecule has 0 saturated carbocycles. The first-order chi connectivity index (χ1) is 18.3. The summed E-state index contributed by atoms with van der Waals surface area (Å²) in [6.45, 7) is 3.17. The highest BCUT2D eigenvalue weighted by Crippen LogP contribution is 2.29. The summed E-state index contributed by atoms with van der Waals surface area (Å²) in [7, 11) is 0. The maximum Gasteiger partial charge on any atom is 0.433 e. The van der Waals surface area contributed by atoms with Gasteiger partial charge in [-0.05, 0) is 55.7 Å². The molecule has 1 saturated heterocycles. The Kier molecular flexibility index (Phi) is 7.39. The normalized spacial score (nSPS) is 21.1. The smallest absolute Gasteiger partial charge is 0.376 e. The minimum absolute atomic E-state index is 0.109. The van der Waals surface area contributed by atoms with E-state index in [1.165, 1.54) is 6.07 Å². The van der Waals surface area contributed by atoms with Crippen LogP contribution >= 0.6 is 0 Å². The van der Waals surface area contributed by atoms with Crippen molar-refractivity contribution in [2.45, 2.75) is 44.1 Å². The molecule has 0 aliphatic carbocycles. The van der Waals surface area contributed by atoms with E-state index in [1.54, 1.807) is 35.3 Å². The largest absolute Gasteiger partial charge is 0.433 e. The Bertz CT molecular complexity index is 1360. The molecule has 0 spiro atoms. The molecule has 1 N–H and O–H groups in total. The highest BCUT2D eigenvalue weighted by molar-refractivity contribution is 6.03. The maximum atomic E-state index is 13.0. The van der Waals surface area contributed by atoms with Crippen LogP contribution in [0, 0.1) is 6.92 Å². The average Bonchev–Trinajstić information content (AvgIpc) is 3.61. The summed E-state index contributed by atoms with van der Waals surface area (Å²) >= 11 is 0. The second-order valence-electron chi connectivity index (χ2n) is 9.18. The van der Waals surface area contributed by atoms with E-state index in [2.05, 4.69) is 20.4 Å². The molecule has 5 rings (SSSR count). The number of benzene rings is 1. The van der Waals surface area contributed by atoms with Crippen LogP contribution in [0.25, 0.3) is 5.69 Å². The lowest BCUT2D eigenvalue weighted by molar-refractivity contribution is -0.141. The molecule has 1 amide bonds. The summed E-state index contributed by atoms with van der Waals surface area (Å²) in [5.41, 5.74) is 1.42. The molecule has 0 bridgehead atoms. The summed E-state index contributed by atoms with van der Waals surface area (Å²) in [5.74, 6) is -0.881. The van der Waals surface area contributed by atoms with Gasteiger partial charge in [-0.3, -0.25) is 9.79 Å². The van der Waals surface area contributed by atoms with Crippen molar-refractivity contribution >= 4 is 17.8 Å². The fourth-order valence-corrected chi connectivity index (χ4v) is 4.40. The number of ether oxygens (including phenoxy) is 2. The molecule has 1 aromatic carbocycles. The van der Waals surface area contributed by atoms with E-state index >= 15 is 0 Å². The molecule has 4 heterocycles. The summed E-state index contributed by atoms with van der Waals surface area (Å²) in [4.78, 5) is 20.4. The number of anilines is 1. The van der Waals surface area contributed by atoms with Gasteiger partial charge in [0.05, 0.1) is 36.6 Å². The van der Waals surface area contributed by atoms with E-state index in [9.17, 15) is 18.0 Å². The Hall–Kier alpha value is -3.83. The van der Waals surface area contributed by atoms with Gasteiger partial charge in [0.15, 0.2) is 0 Å². The van der Waals surface area contributed by atoms with E-state index in [0.717, 1.165) is 42.7 Å². The lowest BCUT2D eigenvalue weighted by Crippen LogP contribution is -2.27. The molecule has 11 heteroatoms. The molecule has 3 atom stereocenters. The van der Waals surface area contributed by atoms with Crippen LogP contribution in [-0.2, 0) is 15.7 Å². The van der Waals surface area contributed by atoms with Crippen LogP contribution < -0.4 is 5.32 Å². The fourth-order valence-electron chi connectivity index (χ4n) is 4.40. The summed E-state index contributed by atoms with van der Waals surface area (Å²) < 4.78 is 52.5. The van der Waals surface area contributed by atoms with Crippen molar-refractivity contribution in [3.05, 3.63) is 83.6 Å². The van der Waals surface area contributed by atoms with E-state index in [4.69, 9.17) is 9.47 Å². The predicted octanol–water partition coefficient (Wildman–Crippen LogP) is 5.09. The van der Waals surface area contributed by atoms with Gasteiger partial charge in [-0.2, -0.15) is 18.3 Å². The number of hydrogen-bond donors (Lipinski definition) is 1. The summed E-state index contributed by atoms with van der Waals surface area (Å²) in [6.07, 6.45) is 6.38. The Morgan fingerprint density at radius 3 is 2.92 bits per heavy atom. The Morgan fingerprint density at radius 1 is 1.26 bits per heavy atom. The van der Waals surface area contributed by atoms with Gasteiger partial charge in [0.25, 0.3) is 5.91 Å². The number of aliphatic imine (C=N–C) groups is 1. The first-order valence-electron chi connectivity index (χ1n) is 12.2. The summed E-state index contributed by atoms with van der Waals surface area (Å²) in [6, 6.07) is 8.38. The van der Waals surface area contributed by atoms with Crippen molar-refractivity contribution in [1.82, 2.24) is 14.8 Å². The molecule has 2 aliphatic rings. The number of aryl methyl sites for hydroxylation is 1. The van der Waals surface area contributed by atoms with Crippen LogP contribution in [0.4, 0.5) is 18.9 Å². The van der Waals surface area contributed by atoms with Crippen LogP contribution in [0.2, 0.25) is 0 Å². The van der Waals surface area contributed by atoms with Crippen LogP contribution in [0.5, 0.6) is 0 Å². The molecule has 198 valence electrons. The lowest BCUT2D eigenvalue weighted by atomic mass is 9.95. The number of pyridine rings is 1. The molecule has 3 unspecified atom stereocenters. The quantitative estimate of drug-likeness (QED) is 0.464. The Labute approximate surface area is 217 Å². The average molecular weight is 526 g/mol. The number of carbonyl (C=O) groups is 1. The van der Waals surface area contributed by atoms with Crippen LogP contribution in [0.15, 0.2) is 66.1 Å². The molecular formula is C27H26F3N5O3. The minimum Gasteiger partial charge on any atom is -0.376 e. The number of rotatable bonds is 7. The Morgan fingerprint density at radius 2 is 2.13 bits per heavy atom. The first-order valence-corrected chi connectivity index (χ1v) is 12.2. The van der Waals surface area contributed by atoms with Gasteiger partial charge < -0.3 is 14.8 Å². The minimum atomic E-state index is -4.64. The van der Waals surface area contributed by atoms with Crippen molar-refractivity contribution in [3.8, 4) is 5.69 Å². The molecule has 3 aromatic rings. The third-order valence-corrected chi connectivity index (χ3v) is 6.43. The number of aromatic nitrogens is 3. The van der Waals surface area contributed by atoms with Crippen LogP contribution in [-0.4, -0.2) is 52.3 Å². The van der Waals surface area contributed by atoms with Gasteiger partial charge in [0.2, 0.25) is 0 Å².